The minimum atomic E-state index is -0.578. The Bertz CT molecular complexity index is 439. The van der Waals surface area contributed by atoms with Gasteiger partial charge in [-0.3, -0.25) is 4.79 Å². The van der Waals surface area contributed by atoms with E-state index in [1.54, 1.807) is 0 Å². The third-order valence-corrected chi connectivity index (χ3v) is 4.03. The van der Waals surface area contributed by atoms with E-state index in [1.165, 1.54) is 0 Å². The van der Waals surface area contributed by atoms with Crippen molar-refractivity contribution in [1.29, 1.82) is 0 Å². The third kappa shape index (κ3) is 2.42. The second-order valence-electron chi connectivity index (χ2n) is 5.92. The molecule has 2 nitrogen and oxygen atoms in total. The number of nitrogens with two attached hydrogens (primary N) is 1. The highest BCUT2D eigenvalue weighted by Gasteiger charge is 2.41. The molecule has 0 saturated carbocycles. The van der Waals surface area contributed by atoms with E-state index in [9.17, 15) is 4.79 Å². The first-order valence-corrected chi connectivity index (χ1v) is 5.99. The second-order valence-corrected chi connectivity index (χ2v) is 5.92. The summed E-state index contributed by atoms with van der Waals surface area (Å²) in [7, 11) is 0. The van der Waals surface area contributed by atoms with E-state index in [4.69, 9.17) is 5.73 Å². The van der Waals surface area contributed by atoms with Crippen LogP contribution in [0.2, 0.25) is 0 Å². The molecule has 2 heteroatoms. The molecule has 17 heavy (non-hydrogen) atoms. The van der Waals surface area contributed by atoms with Gasteiger partial charge in [-0.2, -0.15) is 0 Å². The standard InChI is InChI=1S/C15H23NO/c1-10-8-7-9-12(11(10)2)13(17)14(3,4)15(5,6)16/h7-9H,16H2,1-6H3. The first kappa shape index (κ1) is 13.9. The van der Waals surface area contributed by atoms with Crippen molar-refractivity contribution in [2.75, 3.05) is 0 Å². The van der Waals surface area contributed by atoms with Crippen LogP contribution in [-0.4, -0.2) is 11.3 Å². The molecule has 0 aliphatic heterocycles. The summed E-state index contributed by atoms with van der Waals surface area (Å²) < 4.78 is 0. The van der Waals surface area contributed by atoms with Gasteiger partial charge in [-0.15, -0.1) is 0 Å². The Hall–Kier alpha value is -1.15. The molecule has 0 aromatic heterocycles. The summed E-state index contributed by atoms with van der Waals surface area (Å²) in [5.41, 5.74) is 7.98. The van der Waals surface area contributed by atoms with Gasteiger partial charge in [-0.25, -0.2) is 0 Å². The molecule has 0 aliphatic carbocycles. The van der Waals surface area contributed by atoms with Crippen molar-refractivity contribution in [2.24, 2.45) is 11.1 Å². The fourth-order valence-corrected chi connectivity index (χ4v) is 1.63. The highest BCUT2D eigenvalue weighted by molar-refractivity contribution is 6.02. The topological polar surface area (TPSA) is 43.1 Å². The number of ketones is 1. The zero-order valence-corrected chi connectivity index (χ0v) is 11.7. The molecule has 0 aliphatic rings. The molecule has 2 N–H and O–H groups in total. The number of hydrogen-bond acceptors (Lipinski definition) is 2. The van der Waals surface area contributed by atoms with Crippen LogP contribution in [0.4, 0.5) is 0 Å². The first-order valence-electron chi connectivity index (χ1n) is 5.99. The molecular formula is C15H23NO. The molecule has 0 amide bonds. The zero-order chi connectivity index (χ0) is 13.4. The predicted molar refractivity (Wildman–Crippen MR) is 72.3 cm³/mol. The maximum Gasteiger partial charge on any atom is 0.170 e. The number of Topliss-reactive ketones (excluding diaryl/α,β-unsaturated/α-hetero) is 1. The van der Waals surface area contributed by atoms with E-state index in [1.807, 2.05) is 59.7 Å². The Balaban J connectivity index is 3.27. The van der Waals surface area contributed by atoms with Crippen molar-refractivity contribution in [1.82, 2.24) is 0 Å². The summed E-state index contributed by atoms with van der Waals surface area (Å²) in [6.07, 6.45) is 0. The van der Waals surface area contributed by atoms with Crippen molar-refractivity contribution < 1.29 is 4.79 Å². The van der Waals surface area contributed by atoms with Crippen LogP contribution in [0.25, 0.3) is 0 Å². The molecule has 0 radical (unpaired) electrons. The Labute approximate surface area is 104 Å². The Morgan fingerprint density at radius 2 is 1.65 bits per heavy atom. The maximum atomic E-state index is 12.6. The summed E-state index contributed by atoms with van der Waals surface area (Å²) in [4.78, 5) is 12.6. The molecule has 94 valence electrons. The molecular weight excluding hydrogens is 210 g/mol. The van der Waals surface area contributed by atoms with Gasteiger partial charge in [0.2, 0.25) is 0 Å². The number of rotatable bonds is 3. The van der Waals surface area contributed by atoms with Crippen LogP contribution in [0.15, 0.2) is 18.2 Å². The van der Waals surface area contributed by atoms with Crippen LogP contribution in [0, 0.1) is 19.3 Å². The van der Waals surface area contributed by atoms with E-state index >= 15 is 0 Å². The van der Waals surface area contributed by atoms with E-state index in [-0.39, 0.29) is 5.78 Å². The van der Waals surface area contributed by atoms with Gasteiger partial charge < -0.3 is 5.73 Å². The van der Waals surface area contributed by atoms with Crippen LogP contribution < -0.4 is 5.73 Å². The number of carbonyl (C=O) groups is 1. The number of benzene rings is 1. The van der Waals surface area contributed by atoms with Gasteiger partial charge in [-0.05, 0) is 38.8 Å². The maximum absolute atomic E-state index is 12.6. The fraction of sp³-hybridized carbons (Fsp3) is 0.533. The second kappa shape index (κ2) is 4.26. The van der Waals surface area contributed by atoms with Crippen molar-refractivity contribution in [3.05, 3.63) is 34.9 Å². The van der Waals surface area contributed by atoms with Crippen molar-refractivity contribution >= 4 is 5.78 Å². The van der Waals surface area contributed by atoms with Gasteiger partial charge in [0, 0.05) is 16.5 Å². The normalized spacial score (nSPS) is 12.6. The zero-order valence-electron chi connectivity index (χ0n) is 11.7. The minimum absolute atomic E-state index is 0.117. The van der Waals surface area contributed by atoms with Crippen LogP contribution in [0.3, 0.4) is 0 Å². The summed E-state index contributed by atoms with van der Waals surface area (Å²) in [5.74, 6) is 0.117. The van der Waals surface area contributed by atoms with Crippen LogP contribution in [-0.2, 0) is 0 Å². The van der Waals surface area contributed by atoms with Crippen molar-refractivity contribution in [3.63, 3.8) is 0 Å². The molecule has 0 spiro atoms. The fourth-order valence-electron chi connectivity index (χ4n) is 1.63. The molecule has 0 bridgehead atoms. The van der Waals surface area contributed by atoms with Gasteiger partial charge >= 0.3 is 0 Å². The largest absolute Gasteiger partial charge is 0.325 e. The Morgan fingerprint density at radius 1 is 1.12 bits per heavy atom. The number of hydrogen-bond donors (Lipinski definition) is 1. The summed E-state index contributed by atoms with van der Waals surface area (Å²) in [6, 6.07) is 5.83. The minimum Gasteiger partial charge on any atom is -0.325 e. The van der Waals surface area contributed by atoms with Gasteiger partial charge in [0.05, 0.1) is 0 Å². The summed E-state index contributed by atoms with van der Waals surface area (Å²) in [6.45, 7) is 11.6. The summed E-state index contributed by atoms with van der Waals surface area (Å²) in [5, 5.41) is 0. The van der Waals surface area contributed by atoms with E-state index in [0.29, 0.717) is 0 Å². The SMILES string of the molecule is Cc1cccc(C(=O)C(C)(C)C(C)(C)N)c1C. The quantitative estimate of drug-likeness (QED) is 0.814. The van der Waals surface area contributed by atoms with Crippen molar-refractivity contribution in [2.45, 2.75) is 47.1 Å². The van der Waals surface area contributed by atoms with Gasteiger partial charge in [0.25, 0.3) is 0 Å². The third-order valence-electron chi connectivity index (χ3n) is 4.03. The average molecular weight is 233 g/mol. The van der Waals surface area contributed by atoms with Gasteiger partial charge in [0.1, 0.15) is 0 Å². The van der Waals surface area contributed by atoms with E-state index in [0.717, 1.165) is 16.7 Å². The monoisotopic (exact) mass is 233 g/mol. The van der Waals surface area contributed by atoms with Gasteiger partial charge in [-0.1, -0.05) is 32.0 Å². The average Bonchev–Trinajstić information content (AvgIpc) is 2.19. The Morgan fingerprint density at radius 3 is 2.12 bits per heavy atom. The molecule has 0 unspecified atom stereocenters. The highest BCUT2D eigenvalue weighted by atomic mass is 16.1. The lowest BCUT2D eigenvalue weighted by molar-refractivity contribution is 0.0734. The molecule has 1 aromatic carbocycles. The highest BCUT2D eigenvalue weighted by Crippen LogP contribution is 2.33. The predicted octanol–water partition coefficient (Wildman–Crippen LogP) is 3.25. The molecule has 0 heterocycles. The lowest BCUT2D eigenvalue weighted by atomic mass is 9.69. The Kier molecular flexibility index (Phi) is 3.49. The lowest BCUT2D eigenvalue weighted by Crippen LogP contribution is -2.52. The van der Waals surface area contributed by atoms with Crippen LogP contribution in [0.5, 0.6) is 0 Å². The van der Waals surface area contributed by atoms with Crippen LogP contribution >= 0.6 is 0 Å². The smallest absolute Gasteiger partial charge is 0.170 e. The molecule has 1 rings (SSSR count). The molecule has 0 fully saturated rings. The molecule has 0 saturated heterocycles. The summed E-state index contributed by atoms with van der Waals surface area (Å²) >= 11 is 0. The molecule has 1 aromatic rings. The van der Waals surface area contributed by atoms with Crippen LogP contribution in [0.1, 0.15) is 49.2 Å². The number of aryl methyl sites for hydroxylation is 1. The van der Waals surface area contributed by atoms with Crippen molar-refractivity contribution in [3.8, 4) is 0 Å². The van der Waals surface area contributed by atoms with Gasteiger partial charge in [0.15, 0.2) is 5.78 Å². The number of carbonyl (C=O) groups excluding carboxylic acids is 1. The van der Waals surface area contributed by atoms with E-state index in [2.05, 4.69) is 0 Å². The lowest BCUT2D eigenvalue weighted by Gasteiger charge is -2.37. The molecule has 0 atom stereocenters. The van der Waals surface area contributed by atoms with E-state index < -0.39 is 11.0 Å². The first-order chi connectivity index (χ1) is 7.59.